The third kappa shape index (κ3) is 2.85. The molecule has 0 radical (unpaired) electrons. The molecule has 1 N–H and O–H groups in total. The van der Waals surface area contributed by atoms with Crippen LogP contribution in [0.1, 0.15) is 17.2 Å². The van der Waals surface area contributed by atoms with E-state index in [1.807, 2.05) is 12.1 Å². The Hall–Kier alpha value is -2.07. The molecule has 4 nitrogen and oxygen atoms in total. The second-order valence-electron chi connectivity index (χ2n) is 4.41. The molecule has 0 bridgehead atoms. The van der Waals surface area contributed by atoms with Crippen molar-refractivity contribution in [3.8, 4) is 5.75 Å². The highest BCUT2D eigenvalue weighted by molar-refractivity contribution is 5.34. The van der Waals surface area contributed by atoms with Gasteiger partial charge in [0.25, 0.3) is 5.56 Å². The fraction of sp³-hybridized carbons (Fsp3) is 0.267. The number of aromatic nitrogens is 1. The van der Waals surface area contributed by atoms with Gasteiger partial charge in [0.15, 0.2) is 0 Å². The third-order valence-corrected chi connectivity index (χ3v) is 3.08. The van der Waals surface area contributed by atoms with Gasteiger partial charge in [-0.25, -0.2) is 0 Å². The Morgan fingerprint density at radius 2 is 2.00 bits per heavy atom. The van der Waals surface area contributed by atoms with Crippen molar-refractivity contribution in [3.63, 3.8) is 0 Å². The van der Waals surface area contributed by atoms with Gasteiger partial charge < -0.3 is 14.4 Å². The lowest BCUT2D eigenvalue weighted by Gasteiger charge is -2.16. The lowest BCUT2D eigenvalue weighted by molar-refractivity contribution is 0.151. The topological polar surface area (TPSA) is 51.5 Å². The normalized spacial score (nSPS) is 12.2. The molecule has 0 saturated carbocycles. The van der Waals surface area contributed by atoms with Crippen LogP contribution < -0.4 is 10.3 Å². The summed E-state index contributed by atoms with van der Waals surface area (Å²) in [5, 5.41) is 10.3. The fourth-order valence-corrected chi connectivity index (χ4v) is 2.03. The number of nitrogens with zero attached hydrogens (tertiary/aromatic N) is 1. The molecular weight excluding hydrogens is 242 g/mol. The molecule has 0 spiro atoms. The lowest BCUT2D eigenvalue weighted by Crippen LogP contribution is -2.24. The summed E-state index contributed by atoms with van der Waals surface area (Å²) < 4.78 is 6.72. The van der Waals surface area contributed by atoms with Crippen molar-refractivity contribution in [2.24, 2.45) is 0 Å². The maximum atomic E-state index is 11.9. The van der Waals surface area contributed by atoms with Crippen molar-refractivity contribution in [2.75, 3.05) is 7.11 Å². The van der Waals surface area contributed by atoms with Gasteiger partial charge in [-0.05, 0) is 19.1 Å². The van der Waals surface area contributed by atoms with Gasteiger partial charge in [0.1, 0.15) is 11.9 Å². The monoisotopic (exact) mass is 259 g/mol. The summed E-state index contributed by atoms with van der Waals surface area (Å²) in [5.74, 6) is 0.621. The molecular formula is C15H17NO3. The van der Waals surface area contributed by atoms with Crippen molar-refractivity contribution >= 4 is 0 Å². The largest absolute Gasteiger partial charge is 0.496 e. The number of hydrogen-bond donors (Lipinski definition) is 1. The van der Waals surface area contributed by atoms with Crippen LogP contribution in [0.25, 0.3) is 0 Å². The van der Waals surface area contributed by atoms with Gasteiger partial charge >= 0.3 is 0 Å². The van der Waals surface area contributed by atoms with Crippen LogP contribution in [0, 0.1) is 6.92 Å². The first-order valence-corrected chi connectivity index (χ1v) is 6.10. The van der Waals surface area contributed by atoms with E-state index in [9.17, 15) is 9.90 Å². The standard InChI is InChI=1S/C15H17NO3/c1-11-6-5-9-16(15(11)18)10-13(17)12-7-3-4-8-14(12)19-2/h3-9,13,17H,10H2,1-2H3. The molecule has 0 aliphatic carbocycles. The number of aliphatic hydroxyl groups is 1. The highest BCUT2D eigenvalue weighted by Crippen LogP contribution is 2.25. The summed E-state index contributed by atoms with van der Waals surface area (Å²) in [6.45, 7) is 1.97. The van der Waals surface area contributed by atoms with Gasteiger partial charge in [-0.3, -0.25) is 4.79 Å². The Morgan fingerprint density at radius 3 is 2.74 bits per heavy atom. The molecule has 0 aliphatic heterocycles. The number of aryl methyl sites for hydroxylation is 1. The van der Waals surface area contributed by atoms with Crippen LogP contribution in [0.4, 0.5) is 0 Å². The van der Waals surface area contributed by atoms with E-state index in [1.54, 1.807) is 44.5 Å². The Kier molecular flexibility index (Phi) is 4.02. The summed E-state index contributed by atoms with van der Waals surface area (Å²) in [5.41, 5.74) is 1.25. The quantitative estimate of drug-likeness (QED) is 0.912. The van der Waals surface area contributed by atoms with Crippen LogP contribution in [-0.4, -0.2) is 16.8 Å². The minimum atomic E-state index is -0.782. The van der Waals surface area contributed by atoms with E-state index in [0.717, 1.165) is 0 Å². The van der Waals surface area contributed by atoms with Gasteiger partial charge in [0.2, 0.25) is 0 Å². The summed E-state index contributed by atoms with van der Waals surface area (Å²) in [6, 6.07) is 10.8. The predicted molar refractivity (Wildman–Crippen MR) is 73.4 cm³/mol. The molecule has 4 heteroatoms. The van der Waals surface area contributed by atoms with E-state index >= 15 is 0 Å². The third-order valence-electron chi connectivity index (χ3n) is 3.08. The molecule has 1 unspecified atom stereocenters. The average molecular weight is 259 g/mol. The summed E-state index contributed by atoms with van der Waals surface area (Å²) in [6.07, 6.45) is 0.893. The van der Waals surface area contributed by atoms with Gasteiger partial charge in [0, 0.05) is 17.3 Å². The van der Waals surface area contributed by atoms with Crippen LogP contribution >= 0.6 is 0 Å². The van der Waals surface area contributed by atoms with Crippen molar-refractivity contribution in [3.05, 3.63) is 64.1 Å². The summed E-state index contributed by atoms with van der Waals surface area (Å²) in [7, 11) is 1.56. The van der Waals surface area contributed by atoms with Crippen molar-refractivity contribution in [2.45, 2.75) is 19.6 Å². The van der Waals surface area contributed by atoms with Crippen molar-refractivity contribution in [1.29, 1.82) is 0 Å². The van der Waals surface area contributed by atoms with E-state index < -0.39 is 6.10 Å². The molecule has 0 fully saturated rings. The second-order valence-corrected chi connectivity index (χ2v) is 4.41. The molecule has 1 heterocycles. The minimum Gasteiger partial charge on any atom is -0.496 e. The van der Waals surface area contributed by atoms with Crippen LogP contribution in [0.15, 0.2) is 47.4 Å². The number of para-hydroxylation sites is 1. The fourth-order valence-electron chi connectivity index (χ4n) is 2.03. The summed E-state index contributed by atoms with van der Waals surface area (Å²) in [4.78, 5) is 11.9. The molecule has 0 aliphatic rings. The smallest absolute Gasteiger partial charge is 0.253 e. The zero-order valence-corrected chi connectivity index (χ0v) is 11.0. The van der Waals surface area contributed by atoms with Crippen LogP contribution in [0.2, 0.25) is 0 Å². The molecule has 2 rings (SSSR count). The van der Waals surface area contributed by atoms with Crippen molar-refractivity contribution in [1.82, 2.24) is 4.57 Å². The number of aliphatic hydroxyl groups excluding tert-OH is 1. The highest BCUT2D eigenvalue weighted by atomic mass is 16.5. The molecule has 1 aromatic heterocycles. The molecule has 0 amide bonds. The molecule has 100 valence electrons. The number of pyridine rings is 1. The van der Waals surface area contributed by atoms with E-state index in [2.05, 4.69) is 0 Å². The highest BCUT2D eigenvalue weighted by Gasteiger charge is 2.14. The number of hydrogen-bond acceptors (Lipinski definition) is 3. The zero-order valence-electron chi connectivity index (χ0n) is 11.0. The van der Waals surface area contributed by atoms with E-state index in [1.165, 1.54) is 4.57 Å². The molecule has 2 aromatic rings. The lowest BCUT2D eigenvalue weighted by atomic mass is 10.1. The number of benzene rings is 1. The predicted octanol–water partition coefficient (Wildman–Crippen LogP) is 1.90. The number of rotatable bonds is 4. The number of methoxy groups -OCH3 is 1. The van der Waals surface area contributed by atoms with Gasteiger partial charge in [-0.1, -0.05) is 24.3 Å². The van der Waals surface area contributed by atoms with Crippen LogP contribution in [0.3, 0.4) is 0 Å². The van der Waals surface area contributed by atoms with Gasteiger partial charge in [0.05, 0.1) is 13.7 Å². The zero-order chi connectivity index (χ0) is 13.8. The van der Waals surface area contributed by atoms with Crippen LogP contribution in [-0.2, 0) is 6.54 Å². The molecule has 0 saturated heterocycles. The Morgan fingerprint density at radius 1 is 1.26 bits per heavy atom. The second kappa shape index (κ2) is 5.71. The molecule has 19 heavy (non-hydrogen) atoms. The van der Waals surface area contributed by atoms with Crippen molar-refractivity contribution < 1.29 is 9.84 Å². The first-order chi connectivity index (χ1) is 9.13. The maximum Gasteiger partial charge on any atom is 0.253 e. The Balaban J connectivity index is 2.28. The first kappa shape index (κ1) is 13.4. The van der Waals surface area contributed by atoms with Crippen LogP contribution in [0.5, 0.6) is 5.75 Å². The number of ether oxygens (including phenoxy) is 1. The molecule has 1 atom stereocenters. The maximum absolute atomic E-state index is 11.9. The van der Waals surface area contributed by atoms with E-state index in [-0.39, 0.29) is 12.1 Å². The van der Waals surface area contributed by atoms with Gasteiger partial charge in [-0.15, -0.1) is 0 Å². The average Bonchev–Trinajstić information content (AvgIpc) is 2.43. The SMILES string of the molecule is COc1ccccc1C(O)Cn1cccc(C)c1=O. The Labute approximate surface area is 111 Å². The first-order valence-electron chi connectivity index (χ1n) is 6.10. The minimum absolute atomic E-state index is 0.0866. The Bertz CT molecular complexity index is 619. The van der Waals surface area contributed by atoms with E-state index in [0.29, 0.717) is 16.9 Å². The van der Waals surface area contributed by atoms with Gasteiger partial charge in [-0.2, -0.15) is 0 Å². The summed E-state index contributed by atoms with van der Waals surface area (Å²) >= 11 is 0. The molecule has 1 aromatic carbocycles. The van der Waals surface area contributed by atoms with E-state index in [4.69, 9.17) is 4.74 Å².